The summed E-state index contributed by atoms with van der Waals surface area (Å²) in [6.07, 6.45) is 3.51. The molecule has 126 valence electrons. The van der Waals surface area contributed by atoms with Crippen LogP contribution in [0.1, 0.15) is 32.5 Å². The highest BCUT2D eigenvalue weighted by molar-refractivity contribution is 5.93. The SMILES string of the molecule is CN1CCO[C@@H](CNC(=O)C#CC(C)(C)C)[C@@H]1c1cncn1C. The topological polar surface area (TPSA) is 59.4 Å². The molecule has 1 aromatic heterocycles. The molecular weight excluding hydrogens is 292 g/mol. The minimum Gasteiger partial charge on any atom is -0.373 e. The molecule has 1 amide bonds. The first-order valence-corrected chi connectivity index (χ1v) is 7.87. The van der Waals surface area contributed by atoms with Crippen LogP contribution in [0.4, 0.5) is 0 Å². The van der Waals surface area contributed by atoms with Crippen LogP contribution in [0.3, 0.4) is 0 Å². The summed E-state index contributed by atoms with van der Waals surface area (Å²) in [6, 6.07) is 0.0622. The van der Waals surface area contributed by atoms with Crippen molar-refractivity contribution < 1.29 is 9.53 Å². The number of likely N-dealkylation sites (N-methyl/N-ethyl adjacent to an activating group) is 1. The van der Waals surface area contributed by atoms with Gasteiger partial charge in [0.1, 0.15) is 0 Å². The first-order valence-electron chi connectivity index (χ1n) is 7.87. The number of ether oxygens (including phenoxy) is 1. The smallest absolute Gasteiger partial charge is 0.295 e. The maximum atomic E-state index is 11.9. The number of hydrogen-bond donors (Lipinski definition) is 1. The van der Waals surface area contributed by atoms with E-state index in [-0.39, 0.29) is 23.5 Å². The summed E-state index contributed by atoms with van der Waals surface area (Å²) in [5.41, 5.74) is 0.892. The van der Waals surface area contributed by atoms with E-state index < -0.39 is 0 Å². The summed E-state index contributed by atoms with van der Waals surface area (Å²) in [6.45, 7) is 7.86. The van der Waals surface area contributed by atoms with Gasteiger partial charge in [-0.2, -0.15) is 0 Å². The van der Waals surface area contributed by atoms with Gasteiger partial charge in [0.05, 0.1) is 30.8 Å². The first kappa shape index (κ1) is 17.5. The monoisotopic (exact) mass is 318 g/mol. The lowest BCUT2D eigenvalue weighted by atomic mass is 9.98. The Morgan fingerprint density at radius 2 is 2.22 bits per heavy atom. The molecule has 0 spiro atoms. The lowest BCUT2D eigenvalue weighted by Gasteiger charge is -2.39. The molecule has 1 aromatic rings. The van der Waals surface area contributed by atoms with Gasteiger partial charge in [0.25, 0.3) is 5.91 Å². The highest BCUT2D eigenvalue weighted by Gasteiger charge is 2.33. The van der Waals surface area contributed by atoms with Crippen molar-refractivity contribution in [2.75, 3.05) is 26.7 Å². The van der Waals surface area contributed by atoms with Crippen LogP contribution in [-0.4, -0.2) is 53.2 Å². The number of rotatable bonds is 3. The normalized spacial score (nSPS) is 22.3. The number of amides is 1. The van der Waals surface area contributed by atoms with Gasteiger partial charge in [-0.05, 0) is 33.7 Å². The van der Waals surface area contributed by atoms with E-state index >= 15 is 0 Å². The van der Waals surface area contributed by atoms with E-state index in [0.29, 0.717) is 13.2 Å². The number of morpholine rings is 1. The molecule has 23 heavy (non-hydrogen) atoms. The molecule has 0 unspecified atom stereocenters. The molecular formula is C17H26N4O2. The first-order chi connectivity index (χ1) is 10.8. The van der Waals surface area contributed by atoms with Crippen LogP contribution in [0.5, 0.6) is 0 Å². The van der Waals surface area contributed by atoms with E-state index in [1.807, 2.05) is 38.6 Å². The van der Waals surface area contributed by atoms with Crippen LogP contribution in [0.2, 0.25) is 0 Å². The molecule has 0 saturated carbocycles. The summed E-state index contributed by atoms with van der Waals surface area (Å²) in [7, 11) is 4.03. The van der Waals surface area contributed by atoms with Crippen molar-refractivity contribution in [1.29, 1.82) is 0 Å². The van der Waals surface area contributed by atoms with E-state index in [4.69, 9.17) is 4.74 Å². The number of carbonyl (C=O) groups excluding carboxylic acids is 1. The van der Waals surface area contributed by atoms with Crippen molar-refractivity contribution in [1.82, 2.24) is 19.8 Å². The van der Waals surface area contributed by atoms with Crippen LogP contribution in [0, 0.1) is 17.3 Å². The number of carbonyl (C=O) groups is 1. The predicted octanol–water partition coefficient (Wildman–Crippen LogP) is 0.957. The van der Waals surface area contributed by atoms with E-state index in [9.17, 15) is 4.79 Å². The predicted molar refractivity (Wildman–Crippen MR) is 88.6 cm³/mol. The van der Waals surface area contributed by atoms with E-state index in [1.54, 1.807) is 6.33 Å². The summed E-state index contributed by atoms with van der Waals surface area (Å²) in [4.78, 5) is 18.3. The van der Waals surface area contributed by atoms with Crippen molar-refractivity contribution in [2.45, 2.75) is 32.9 Å². The van der Waals surface area contributed by atoms with Gasteiger partial charge in [-0.1, -0.05) is 5.92 Å². The number of nitrogens with zero attached hydrogens (tertiary/aromatic N) is 3. The molecule has 1 aliphatic rings. The van der Waals surface area contributed by atoms with Crippen LogP contribution >= 0.6 is 0 Å². The van der Waals surface area contributed by atoms with E-state index in [1.165, 1.54) is 0 Å². The zero-order valence-electron chi connectivity index (χ0n) is 14.6. The number of hydrogen-bond acceptors (Lipinski definition) is 4. The molecule has 2 atom stereocenters. The summed E-state index contributed by atoms with van der Waals surface area (Å²) >= 11 is 0. The van der Waals surface area contributed by atoms with Gasteiger partial charge in [0, 0.05) is 31.7 Å². The summed E-state index contributed by atoms with van der Waals surface area (Å²) in [5, 5.41) is 2.86. The molecule has 2 heterocycles. The molecule has 6 nitrogen and oxygen atoms in total. The van der Waals surface area contributed by atoms with E-state index in [0.717, 1.165) is 12.2 Å². The molecule has 1 aliphatic heterocycles. The van der Waals surface area contributed by atoms with Gasteiger partial charge in [-0.15, -0.1) is 0 Å². The third-order valence-corrected chi connectivity index (χ3v) is 3.77. The van der Waals surface area contributed by atoms with Crippen LogP contribution in [0.25, 0.3) is 0 Å². The average molecular weight is 318 g/mol. The van der Waals surface area contributed by atoms with Crippen molar-refractivity contribution >= 4 is 5.91 Å². The quantitative estimate of drug-likeness (QED) is 0.843. The molecule has 0 aliphatic carbocycles. The molecule has 1 N–H and O–H groups in total. The Labute approximate surface area is 138 Å². The maximum absolute atomic E-state index is 11.9. The lowest BCUT2D eigenvalue weighted by Crippen LogP contribution is -2.48. The summed E-state index contributed by atoms with van der Waals surface area (Å²) in [5.74, 6) is 5.32. The highest BCUT2D eigenvalue weighted by Crippen LogP contribution is 2.27. The van der Waals surface area contributed by atoms with Gasteiger partial charge in [0.15, 0.2) is 0 Å². The highest BCUT2D eigenvalue weighted by atomic mass is 16.5. The molecule has 6 heteroatoms. The third kappa shape index (κ3) is 4.81. The average Bonchev–Trinajstić information content (AvgIpc) is 2.88. The number of aryl methyl sites for hydroxylation is 1. The Hall–Kier alpha value is -1.84. The van der Waals surface area contributed by atoms with Gasteiger partial charge < -0.3 is 14.6 Å². The minimum absolute atomic E-state index is 0.0622. The fourth-order valence-corrected chi connectivity index (χ4v) is 2.58. The van der Waals surface area contributed by atoms with Gasteiger partial charge in [-0.3, -0.25) is 9.69 Å². The van der Waals surface area contributed by atoms with Gasteiger partial charge in [0.2, 0.25) is 0 Å². The zero-order chi connectivity index (χ0) is 17.0. The second-order valence-electron chi connectivity index (χ2n) is 6.97. The third-order valence-electron chi connectivity index (χ3n) is 3.77. The van der Waals surface area contributed by atoms with Gasteiger partial charge >= 0.3 is 0 Å². The van der Waals surface area contributed by atoms with Crippen LogP contribution in [0.15, 0.2) is 12.5 Å². The fourth-order valence-electron chi connectivity index (χ4n) is 2.58. The Morgan fingerprint density at radius 3 is 2.83 bits per heavy atom. The molecule has 2 rings (SSSR count). The summed E-state index contributed by atoms with van der Waals surface area (Å²) < 4.78 is 7.88. The van der Waals surface area contributed by atoms with Gasteiger partial charge in [-0.25, -0.2) is 4.98 Å². The molecule has 1 saturated heterocycles. The van der Waals surface area contributed by atoms with Crippen molar-refractivity contribution in [2.24, 2.45) is 12.5 Å². The number of imidazole rings is 1. The lowest BCUT2D eigenvalue weighted by molar-refractivity contribution is -0.117. The number of aromatic nitrogens is 2. The van der Waals surface area contributed by atoms with Crippen LogP contribution < -0.4 is 5.32 Å². The van der Waals surface area contributed by atoms with Crippen molar-refractivity contribution in [3.05, 3.63) is 18.2 Å². The van der Waals surface area contributed by atoms with Crippen molar-refractivity contribution in [3.8, 4) is 11.8 Å². The van der Waals surface area contributed by atoms with Crippen molar-refractivity contribution in [3.63, 3.8) is 0 Å². The fraction of sp³-hybridized carbons (Fsp3) is 0.647. The largest absolute Gasteiger partial charge is 0.373 e. The Balaban J connectivity index is 2.03. The standard InChI is InChI=1S/C17H26N4O2/c1-17(2,3)7-6-15(22)19-11-14-16(20(4)8-9-23-14)13-10-18-12-21(13)5/h10,12,14,16H,8-9,11H2,1-5H3,(H,19,22)/t14-,16-/m0/s1. The molecule has 0 aromatic carbocycles. The van der Waals surface area contributed by atoms with Crippen LogP contribution in [-0.2, 0) is 16.6 Å². The second kappa shape index (κ2) is 7.16. The Bertz CT molecular complexity index is 606. The maximum Gasteiger partial charge on any atom is 0.295 e. The zero-order valence-corrected chi connectivity index (χ0v) is 14.6. The molecule has 0 radical (unpaired) electrons. The Morgan fingerprint density at radius 1 is 1.48 bits per heavy atom. The second-order valence-corrected chi connectivity index (χ2v) is 6.97. The van der Waals surface area contributed by atoms with E-state index in [2.05, 4.69) is 34.1 Å². The Kier molecular flexibility index (Phi) is 5.45. The molecule has 0 bridgehead atoms. The molecule has 1 fully saturated rings. The minimum atomic E-state index is -0.263. The number of nitrogens with one attached hydrogen (secondary N) is 1.